The Labute approximate surface area is 135 Å². The molecule has 6 nitrogen and oxygen atoms in total. The summed E-state index contributed by atoms with van der Waals surface area (Å²) in [7, 11) is 0. The van der Waals surface area contributed by atoms with Gasteiger partial charge in [-0.15, -0.1) is 0 Å². The van der Waals surface area contributed by atoms with Crippen molar-refractivity contribution >= 4 is 23.3 Å². The molecule has 9 heteroatoms. The summed E-state index contributed by atoms with van der Waals surface area (Å²) >= 11 is 0. The van der Waals surface area contributed by atoms with Crippen molar-refractivity contribution in [2.75, 3.05) is 11.9 Å². The van der Waals surface area contributed by atoms with Crippen molar-refractivity contribution < 1.29 is 37.4 Å². The number of carbonyl (C=O) groups is 3. The summed E-state index contributed by atoms with van der Waals surface area (Å²) in [4.78, 5) is 34.4. The Kier molecular flexibility index (Phi) is 6.08. The van der Waals surface area contributed by atoms with E-state index in [0.717, 1.165) is 0 Å². The SMILES string of the molecule is CC(=O)c1ccccc1NC(=O)COC(=O)C[C@](C)(O)C(F)(F)F. The molecule has 0 saturated heterocycles. The average Bonchev–Trinajstić information content (AvgIpc) is 2.44. The van der Waals surface area contributed by atoms with E-state index in [9.17, 15) is 27.6 Å². The third-order valence-electron chi connectivity index (χ3n) is 3.04. The zero-order valence-electron chi connectivity index (χ0n) is 12.9. The second-order valence-corrected chi connectivity index (χ2v) is 5.26. The van der Waals surface area contributed by atoms with Gasteiger partial charge < -0.3 is 15.2 Å². The Hall–Kier alpha value is -2.42. The van der Waals surface area contributed by atoms with Crippen LogP contribution in [0.4, 0.5) is 18.9 Å². The number of carbonyl (C=O) groups excluding carboxylic acids is 3. The molecule has 0 heterocycles. The molecule has 0 spiro atoms. The quantitative estimate of drug-likeness (QED) is 0.607. The summed E-state index contributed by atoms with van der Waals surface area (Å²) in [5.74, 6) is -2.51. The molecule has 0 aliphatic heterocycles. The van der Waals surface area contributed by atoms with Crippen LogP contribution in [-0.2, 0) is 14.3 Å². The Balaban J connectivity index is 2.59. The van der Waals surface area contributed by atoms with Crippen molar-refractivity contribution in [1.82, 2.24) is 0 Å². The Morgan fingerprint density at radius 1 is 1.21 bits per heavy atom. The van der Waals surface area contributed by atoms with Gasteiger partial charge in [0.25, 0.3) is 5.91 Å². The zero-order valence-corrected chi connectivity index (χ0v) is 12.9. The maximum atomic E-state index is 12.4. The molecule has 0 fully saturated rings. The van der Waals surface area contributed by atoms with Crippen molar-refractivity contribution in [3.8, 4) is 0 Å². The lowest BCUT2D eigenvalue weighted by atomic mass is 10.0. The highest BCUT2D eigenvalue weighted by Crippen LogP contribution is 2.32. The van der Waals surface area contributed by atoms with Gasteiger partial charge in [-0.2, -0.15) is 13.2 Å². The normalized spacial score (nSPS) is 13.8. The van der Waals surface area contributed by atoms with Crippen molar-refractivity contribution in [1.29, 1.82) is 0 Å². The number of anilines is 1. The Bertz CT molecular complexity index is 640. The second-order valence-electron chi connectivity index (χ2n) is 5.26. The topological polar surface area (TPSA) is 92.7 Å². The van der Waals surface area contributed by atoms with Gasteiger partial charge in [0.2, 0.25) is 0 Å². The van der Waals surface area contributed by atoms with Gasteiger partial charge in [-0.25, -0.2) is 0 Å². The summed E-state index contributed by atoms with van der Waals surface area (Å²) in [6, 6.07) is 6.08. The molecular weight excluding hydrogens is 331 g/mol. The maximum absolute atomic E-state index is 12.4. The molecule has 0 bridgehead atoms. The van der Waals surface area contributed by atoms with E-state index < -0.39 is 36.7 Å². The first kappa shape index (κ1) is 19.6. The lowest BCUT2D eigenvalue weighted by Gasteiger charge is -2.24. The molecule has 2 N–H and O–H groups in total. The van der Waals surface area contributed by atoms with Crippen LogP contribution in [0.1, 0.15) is 30.6 Å². The number of alkyl halides is 3. The van der Waals surface area contributed by atoms with Gasteiger partial charge in [-0.05, 0) is 26.0 Å². The minimum absolute atomic E-state index is 0.188. The Morgan fingerprint density at radius 3 is 2.33 bits per heavy atom. The van der Waals surface area contributed by atoms with Crippen molar-refractivity contribution in [2.45, 2.75) is 32.0 Å². The lowest BCUT2D eigenvalue weighted by Crippen LogP contribution is -2.44. The highest BCUT2D eigenvalue weighted by atomic mass is 19.4. The Morgan fingerprint density at radius 2 is 1.79 bits per heavy atom. The standard InChI is InChI=1S/C15H16F3NO5/c1-9(20)10-5-3-4-6-11(10)19-12(21)8-24-13(22)7-14(2,23)15(16,17)18/h3-6,23H,7-8H2,1-2H3,(H,19,21)/t14-/m0/s1. The molecule has 1 rings (SSSR count). The number of halogens is 3. The van der Waals surface area contributed by atoms with Gasteiger partial charge in [0.05, 0.1) is 12.1 Å². The first-order valence-electron chi connectivity index (χ1n) is 6.78. The number of hydrogen-bond donors (Lipinski definition) is 2. The summed E-state index contributed by atoms with van der Waals surface area (Å²) in [5, 5.41) is 11.5. The third-order valence-corrected chi connectivity index (χ3v) is 3.04. The number of esters is 1. The highest BCUT2D eigenvalue weighted by Gasteiger charge is 2.51. The fourth-order valence-electron chi connectivity index (χ4n) is 1.66. The number of para-hydroxylation sites is 1. The fourth-order valence-corrected chi connectivity index (χ4v) is 1.66. The van der Waals surface area contributed by atoms with Crippen LogP contribution in [0.15, 0.2) is 24.3 Å². The number of rotatable bonds is 6. The summed E-state index contributed by atoms with van der Waals surface area (Å²) in [6.45, 7) is 0.876. The maximum Gasteiger partial charge on any atom is 0.417 e. The lowest BCUT2D eigenvalue weighted by molar-refractivity contribution is -0.255. The van der Waals surface area contributed by atoms with Gasteiger partial charge in [0.1, 0.15) is 0 Å². The minimum Gasteiger partial charge on any atom is -0.455 e. The van der Waals surface area contributed by atoms with Gasteiger partial charge in [-0.3, -0.25) is 14.4 Å². The van der Waals surface area contributed by atoms with Crippen molar-refractivity contribution in [3.63, 3.8) is 0 Å². The molecule has 132 valence electrons. The van der Waals surface area contributed by atoms with Crippen LogP contribution in [0.5, 0.6) is 0 Å². The minimum atomic E-state index is -5.01. The van der Waals surface area contributed by atoms with E-state index in [-0.39, 0.29) is 17.0 Å². The van der Waals surface area contributed by atoms with E-state index in [2.05, 4.69) is 10.1 Å². The molecule has 1 aromatic rings. The van der Waals surface area contributed by atoms with E-state index in [0.29, 0.717) is 6.92 Å². The van der Waals surface area contributed by atoms with Crippen LogP contribution in [0.3, 0.4) is 0 Å². The number of hydrogen-bond acceptors (Lipinski definition) is 5. The van der Waals surface area contributed by atoms with E-state index >= 15 is 0 Å². The summed E-state index contributed by atoms with van der Waals surface area (Å²) < 4.78 is 41.7. The van der Waals surface area contributed by atoms with Crippen LogP contribution < -0.4 is 5.32 Å². The third kappa shape index (κ3) is 5.34. The van der Waals surface area contributed by atoms with Crippen molar-refractivity contribution in [2.24, 2.45) is 0 Å². The van der Waals surface area contributed by atoms with E-state index in [1.807, 2.05) is 0 Å². The van der Waals surface area contributed by atoms with Gasteiger partial charge >= 0.3 is 12.1 Å². The van der Waals surface area contributed by atoms with Crippen LogP contribution in [0.25, 0.3) is 0 Å². The van der Waals surface area contributed by atoms with Crippen LogP contribution in [0, 0.1) is 0 Å². The van der Waals surface area contributed by atoms with E-state index in [1.54, 1.807) is 12.1 Å². The molecule has 24 heavy (non-hydrogen) atoms. The highest BCUT2D eigenvalue weighted by molar-refractivity contribution is 6.04. The predicted molar refractivity (Wildman–Crippen MR) is 77.3 cm³/mol. The molecule has 0 unspecified atom stereocenters. The largest absolute Gasteiger partial charge is 0.455 e. The van der Waals surface area contributed by atoms with Gasteiger partial charge in [0, 0.05) is 5.56 Å². The van der Waals surface area contributed by atoms with Gasteiger partial charge in [-0.1, -0.05) is 12.1 Å². The van der Waals surface area contributed by atoms with Crippen LogP contribution in [0.2, 0.25) is 0 Å². The first-order valence-corrected chi connectivity index (χ1v) is 6.78. The average molecular weight is 347 g/mol. The van der Waals surface area contributed by atoms with Gasteiger partial charge in [0.15, 0.2) is 18.0 Å². The number of amides is 1. The second kappa shape index (κ2) is 7.43. The molecule has 1 amide bonds. The van der Waals surface area contributed by atoms with Crippen LogP contribution >= 0.6 is 0 Å². The molecule has 0 saturated carbocycles. The fraction of sp³-hybridized carbons (Fsp3) is 0.400. The molecule has 0 aromatic heterocycles. The monoisotopic (exact) mass is 347 g/mol. The number of ether oxygens (including phenoxy) is 1. The molecule has 0 radical (unpaired) electrons. The summed E-state index contributed by atoms with van der Waals surface area (Å²) in [5.41, 5.74) is -2.83. The number of Topliss-reactive ketones (excluding diaryl/α,β-unsaturated/α-hetero) is 1. The number of nitrogens with one attached hydrogen (secondary N) is 1. The molecule has 1 atom stereocenters. The zero-order chi connectivity index (χ0) is 18.5. The number of benzene rings is 1. The van der Waals surface area contributed by atoms with E-state index in [1.165, 1.54) is 19.1 Å². The first-order chi connectivity index (χ1) is 10.9. The number of aliphatic hydroxyl groups is 1. The van der Waals surface area contributed by atoms with E-state index in [4.69, 9.17) is 5.11 Å². The smallest absolute Gasteiger partial charge is 0.417 e. The summed E-state index contributed by atoms with van der Waals surface area (Å²) in [6.07, 6.45) is -6.34. The van der Waals surface area contributed by atoms with Crippen LogP contribution in [-0.4, -0.2) is 41.2 Å². The molecule has 0 aliphatic carbocycles. The van der Waals surface area contributed by atoms with Crippen molar-refractivity contribution in [3.05, 3.63) is 29.8 Å². The molecule has 0 aliphatic rings. The molecule has 1 aromatic carbocycles. The predicted octanol–water partition coefficient (Wildman–Crippen LogP) is 2.07. The number of ketones is 1. The molecular formula is C15H16F3NO5.